The van der Waals surface area contributed by atoms with Crippen LogP contribution in [0.15, 0.2) is 33.6 Å². The fourth-order valence-electron chi connectivity index (χ4n) is 1.69. The van der Waals surface area contributed by atoms with Crippen molar-refractivity contribution in [2.45, 2.75) is 38.0 Å². The van der Waals surface area contributed by atoms with Gasteiger partial charge in [-0.2, -0.15) is 0 Å². The van der Waals surface area contributed by atoms with Gasteiger partial charge in [-0.3, -0.25) is 4.79 Å². The Morgan fingerprint density at radius 3 is 2.26 bits per heavy atom. The fraction of sp³-hybridized carbons (Fsp3) is 0.462. The zero-order valence-electron chi connectivity index (χ0n) is 11.1. The van der Waals surface area contributed by atoms with Crippen LogP contribution in [0.1, 0.15) is 33.1 Å². The van der Waals surface area contributed by atoms with Crippen molar-refractivity contribution in [1.29, 1.82) is 0 Å². The summed E-state index contributed by atoms with van der Waals surface area (Å²) in [6.45, 7) is 3.55. The standard InChI is InChI=1S/C13H18BrNO3S/c1-3-4-5-10-15(11(2)16)19(17,18)13-8-6-12(14)7-9-13/h6-9H,3-5,10H2,1-2H3. The highest BCUT2D eigenvalue weighted by molar-refractivity contribution is 9.10. The third kappa shape index (κ3) is 4.31. The zero-order chi connectivity index (χ0) is 14.5. The van der Waals surface area contributed by atoms with Crippen LogP contribution in [0.2, 0.25) is 0 Å². The van der Waals surface area contributed by atoms with Crippen LogP contribution in [0, 0.1) is 0 Å². The van der Waals surface area contributed by atoms with Crippen LogP contribution in [0.5, 0.6) is 0 Å². The number of hydrogen-bond donors (Lipinski definition) is 0. The summed E-state index contributed by atoms with van der Waals surface area (Å²) >= 11 is 3.25. The Morgan fingerprint density at radius 1 is 1.21 bits per heavy atom. The van der Waals surface area contributed by atoms with Crippen LogP contribution in [0.25, 0.3) is 0 Å². The van der Waals surface area contributed by atoms with Crippen molar-refractivity contribution in [2.75, 3.05) is 6.54 Å². The van der Waals surface area contributed by atoms with Gasteiger partial charge in [-0.1, -0.05) is 35.7 Å². The number of sulfonamides is 1. The summed E-state index contributed by atoms with van der Waals surface area (Å²) in [6, 6.07) is 6.29. The minimum atomic E-state index is -3.73. The molecule has 4 nitrogen and oxygen atoms in total. The van der Waals surface area contributed by atoms with Gasteiger partial charge in [0.1, 0.15) is 0 Å². The summed E-state index contributed by atoms with van der Waals surface area (Å²) in [7, 11) is -3.73. The molecular weight excluding hydrogens is 330 g/mol. The summed E-state index contributed by atoms with van der Waals surface area (Å²) in [5, 5.41) is 0. The van der Waals surface area contributed by atoms with Gasteiger partial charge < -0.3 is 0 Å². The van der Waals surface area contributed by atoms with E-state index in [2.05, 4.69) is 15.9 Å². The highest BCUT2D eigenvalue weighted by Crippen LogP contribution is 2.19. The highest BCUT2D eigenvalue weighted by Gasteiger charge is 2.26. The van der Waals surface area contributed by atoms with Gasteiger partial charge in [0.2, 0.25) is 5.91 Å². The molecule has 6 heteroatoms. The second-order valence-corrected chi connectivity index (χ2v) is 7.04. The molecule has 0 aliphatic rings. The van der Waals surface area contributed by atoms with Gasteiger partial charge >= 0.3 is 0 Å². The fourth-order valence-corrected chi connectivity index (χ4v) is 3.39. The first kappa shape index (κ1) is 16.2. The second-order valence-electron chi connectivity index (χ2n) is 4.26. The molecule has 0 atom stereocenters. The van der Waals surface area contributed by atoms with E-state index in [0.717, 1.165) is 21.6 Å². The number of benzene rings is 1. The Balaban J connectivity index is 2.99. The van der Waals surface area contributed by atoms with Gasteiger partial charge in [0.15, 0.2) is 0 Å². The maximum absolute atomic E-state index is 12.4. The van der Waals surface area contributed by atoms with Crippen molar-refractivity contribution < 1.29 is 13.2 Å². The molecule has 19 heavy (non-hydrogen) atoms. The summed E-state index contributed by atoms with van der Waals surface area (Å²) in [5.74, 6) is -0.445. The van der Waals surface area contributed by atoms with Gasteiger partial charge in [-0.25, -0.2) is 12.7 Å². The quantitative estimate of drug-likeness (QED) is 0.742. The van der Waals surface area contributed by atoms with E-state index in [1.54, 1.807) is 12.1 Å². The summed E-state index contributed by atoms with van der Waals surface area (Å²) < 4.78 is 26.5. The second kappa shape index (κ2) is 7.05. The van der Waals surface area contributed by atoms with Crippen LogP contribution < -0.4 is 0 Å². The molecule has 0 unspecified atom stereocenters. The third-order valence-electron chi connectivity index (χ3n) is 2.72. The maximum Gasteiger partial charge on any atom is 0.266 e. The van der Waals surface area contributed by atoms with E-state index in [-0.39, 0.29) is 11.4 Å². The average Bonchev–Trinajstić information content (AvgIpc) is 2.34. The molecule has 0 aromatic heterocycles. The molecule has 1 amide bonds. The van der Waals surface area contributed by atoms with E-state index in [1.165, 1.54) is 19.1 Å². The number of halogens is 1. The monoisotopic (exact) mass is 347 g/mol. The molecule has 0 saturated carbocycles. The van der Waals surface area contributed by atoms with Gasteiger partial charge in [-0.15, -0.1) is 0 Å². The van der Waals surface area contributed by atoms with E-state index in [1.807, 2.05) is 6.92 Å². The molecule has 0 N–H and O–H groups in total. The molecule has 1 aromatic carbocycles. The summed E-state index contributed by atoms with van der Waals surface area (Å²) in [4.78, 5) is 11.7. The first-order valence-electron chi connectivity index (χ1n) is 6.18. The molecular formula is C13H18BrNO3S. The lowest BCUT2D eigenvalue weighted by Gasteiger charge is -2.20. The lowest BCUT2D eigenvalue weighted by atomic mass is 10.2. The predicted molar refractivity (Wildman–Crippen MR) is 78.2 cm³/mol. The molecule has 0 saturated heterocycles. The SMILES string of the molecule is CCCCCN(C(C)=O)S(=O)(=O)c1ccc(Br)cc1. The minimum absolute atomic E-state index is 0.141. The lowest BCUT2D eigenvalue weighted by Crippen LogP contribution is -2.36. The van der Waals surface area contributed by atoms with Gasteiger partial charge in [0.25, 0.3) is 10.0 Å². The Labute approximate surface area is 123 Å². The lowest BCUT2D eigenvalue weighted by molar-refractivity contribution is -0.124. The molecule has 1 aromatic rings. The van der Waals surface area contributed by atoms with E-state index < -0.39 is 15.9 Å². The number of hydrogen-bond acceptors (Lipinski definition) is 3. The molecule has 0 fully saturated rings. The van der Waals surface area contributed by atoms with E-state index in [9.17, 15) is 13.2 Å². The number of unbranched alkanes of at least 4 members (excludes halogenated alkanes) is 2. The molecule has 106 valence electrons. The van der Waals surface area contributed by atoms with Crippen molar-refractivity contribution in [3.8, 4) is 0 Å². The number of carbonyl (C=O) groups is 1. The largest absolute Gasteiger partial charge is 0.274 e. The first-order valence-corrected chi connectivity index (χ1v) is 8.41. The Morgan fingerprint density at radius 2 is 1.79 bits per heavy atom. The van der Waals surface area contributed by atoms with Crippen molar-refractivity contribution in [2.24, 2.45) is 0 Å². The van der Waals surface area contributed by atoms with Crippen molar-refractivity contribution in [1.82, 2.24) is 4.31 Å². The molecule has 0 aliphatic heterocycles. The van der Waals surface area contributed by atoms with Gasteiger partial charge in [0, 0.05) is 17.9 Å². The van der Waals surface area contributed by atoms with Crippen molar-refractivity contribution in [3.63, 3.8) is 0 Å². The summed E-state index contributed by atoms with van der Waals surface area (Å²) in [5.41, 5.74) is 0. The topological polar surface area (TPSA) is 54.5 Å². The van der Waals surface area contributed by atoms with Crippen LogP contribution in [-0.4, -0.2) is 25.2 Å². The zero-order valence-corrected chi connectivity index (χ0v) is 13.5. The smallest absolute Gasteiger partial charge is 0.266 e. The Kier molecular flexibility index (Phi) is 6.00. The van der Waals surface area contributed by atoms with Crippen LogP contribution in [-0.2, 0) is 14.8 Å². The van der Waals surface area contributed by atoms with Crippen LogP contribution >= 0.6 is 15.9 Å². The molecule has 0 bridgehead atoms. The first-order chi connectivity index (χ1) is 8.89. The molecule has 0 heterocycles. The van der Waals surface area contributed by atoms with Gasteiger partial charge in [-0.05, 0) is 30.7 Å². The van der Waals surface area contributed by atoms with Crippen molar-refractivity contribution in [3.05, 3.63) is 28.7 Å². The van der Waals surface area contributed by atoms with E-state index in [0.29, 0.717) is 6.42 Å². The Bertz CT molecular complexity index is 525. The van der Waals surface area contributed by atoms with Gasteiger partial charge in [0.05, 0.1) is 4.90 Å². The normalized spacial score (nSPS) is 11.3. The third-order valence-corrected chi connectivity index (χ3v) is 5.13. The maximum atomic E-state index is 12.4. The van der Waals surface area contributed by atoms with Crippen LogP contribution in [0.3, 0.4) is 0 Å². The molecule has 1 rings (SSSR count). The molecule has 0 spiro atoms. The number of nitrogens with zero attached hydrogens (tertiary/aromatic N) is 1. The van der Waals surface area contributed by atoms with Crippen molar-refractivity contribution >= 4 is 31.9 Å². The number of rotatable bonds is 6. The van der Waals surface area contributed by atoms with E-state index in [4.69, 9.17) is 0 Å². The van der Waals surface area contributed by atoms with E-state index >= 15 is 0 Å². The molecule has 0 aliphatic carbocycles. The number of carbonyl (C=O) groups excluding carboxylic acids is 1. The van der Waals surface area contributed by atoms with Crippen LogP contribution in [0.4, 0.5) is 0 Å². The summed E-state index contributed by atoms with van der Waals surface area (Å²) in [6.07, 6.45) is 2.57. The Hall–Kier alpha value is -0.880. The minimum Gasteiger partial charge on any atom is -0.274 e. The molecule has 0 radical (unpaired) electrons. The predicted octanol–water partition coefficient (Wildman–Crippen LogP) is 3.18. The average molecular weight is 348 g/mol. The highest BCUT2D eigenvalue weighted by atomic mass is 79.9. The number of amides is 1.